The second-order valence-electron chi connectivity index (χ2n) is 1.32. The minimum absolute atomic E-state index is 0. The Hall–Kier alpha value is 0.210. The second-order valence-corrected chi connectivity index (χ2v) is 3.63. The molecule has 0 unspecified atom stereocenters. The molecule has 0 saturated heterocycles. The van der Waals surface area contributed by atoms with Crippen LogP contribution in [0.4, 0.5) is 0 Å². The van der Waals surface area contributed by atoms with E-state index in [-0.39, 0.29) is 9.41 Å². The molecule has 0 spiro atoms. The van der Waals surface area contributed by atoms with Crippen molar-refractivity contribution in [3.63, 3.8) is 0 Å². The Morgan fingerprint density at radius 2 is 2.00 bits per heavy atom. The molecule has 0 amide bonds. The van der Waals surface area contributed by atoms with Crippen molar-refractivity contribution >= 4 is 0 Å². The minimum atomic E-state index is 0. The van der Waals surface area contributed by atoms with Crippen LogP contribution in [0.1, 0.15) is 6.42 Å². The van der Waals surface area contributed by atoms with Crippen LogP contribution < -0.4 is 9.41 Å². The van der Waals surface area contributed by atoms with Crippen LogP contribution in [-0.2, 0) is 24.4 Å². The average molecular weight is 282 g/mol. The molecule has 1 aliphatic carbocycles. The summed E-state index contributed by atoms with van der Waals surface area (Å²) in [6.07, 6.45) is 7.75. The summed E-state index contributed by atoms with van der Waals surface area (Å²) < 4.78 is 1.61. The summed E-state index contributed by atoms with van der Waals surface area (Å²) in [5.41, 5.74) is 0. The van der Waals surface area contributed by atoms with Crippen LogP contribution in [0.2, 0.25) is 0 Å². The van der Waals surface area contributed by atoms with Gasteiger partial charge in [-0.2, -0.15) is 0 Å². The van der Waals surface area contributed by atoms with E-state index >= 15 is 0 Å². The van der Waals surface area contributed by atoms with Gasteiger partial charge in [-0.25, -0.2) is 0 Å². The Labute approximate surface area is 62.0 Å². The fraction of sp³-hybridized carbons (Fsp3) is 0.200. The fourth-order valence-corrected chi connectivity index (χ4v) is 1.22. The second kappa shape index (κ2) is 5.35. The predicted molar refractivity (Wildman–Crippen MR) is 21.8 cm³/mol. The van der Waals surface area contributed by atoms with Gasteiger partial charge in [0, 0.05) is 0 Å². The third-order valence-corrected chi connectivity index (χ3v) is 2.10. The fourth-order valence-electron chi connectivity index (χ4n) is 0.447. The molecule has 3 heteroatoms. The molecule has 0 aliphatic heterocycles. The topological polar surface area (TPSA) is 0 Å². The summed E-state index contributed by atoms with van der Waals surface area (Å²) in [5, 5.41) is 0. The molecule has 1 rings (SSSR count). The van der Waals surface area contributed by atoms with E-state index in [1.165, 1.54) is 30.8 Å². The van der Waals surface area contributed by atoms with Gasteiger partial charge in [0.2, 0.25) is 0 Å². The van der Waals surface area contributed by atoms with E-state index in [1.54, 1.807) is 3.33 Å². The molecular weight excluding hydrogens is 277 g/mol. The molecule has 0 aromatic rings. The summed E-state index contributed by atoms with van der Waals surface area (Å²) >= 11 is 1.25. The van der Waals surface area contributed by atoms with Gasteiger partial charge in [0.05, 0.1) is 0 Å². The van der Waals surface area contributed by atoms with Crippen LogP contribution in [0.25, 0.3) is 0 Å². The van der Waals surface area contributed by atoms with Gasteiger partial charge in [0.25, 0.3) is 0 Å². The Morgan fingerprint density at radius 3 is 2.12 bits per heavy atom. The predicted octanol–water partition coefficient (Wildman–Crippen LogP) is -4.61. The molecule has 0 atom stereocenters. The summed E-state index contributed by atoms with van der Waals surface area (Å²) in [5.74, 6) is 0. The van der Waals surface area contributed by atoms with Crippen molar-refractivity contribution in [2.45, 2.75) is 6.42 Å². The summed E-state index contributed by atoms with van der Waals surface area (Å²) in [6, 6.07) is 0. The summed E-state index contributed by atoms with van der Waals surface area (Å²) in [6.45, 7) is 0. The van der Waals surface area contributed by atoms with Crippen molar-refractivity contribution < 1.29 is 33.8 Å². The molecular formula is C5H5F2Hf. The first kappa shape index (κ1) is 11.1. The SMILES string of the molecule is [F-].[F-].[Hf+2][C]1=CC=CC1. The van der Waals surface area contributed by atoms with E-state index in [1.807, 2.05) is 0 Å². The van der Waals surface area contributed by atoms with Gasteiger partial charge in [-0.05, 0) is 0 Å². The Balaban J connectivity index is 0. The number of hydrogen-bond donors (Lipinski definition) is 0. The third-order valence-electron chi connectivity index (χ3n) is 0.771. The molecule has 0 radical (unpaired) electrons. The van der Waals surface area contributed by atoms with Crippen molar-refractivity contribution in [1.82, 2.24) is 0 Å². The molecule has 8 heavy (non-hydrogen) atoms. The van der Waals surface area contributed by atoms with Crippen molar-refractivity contribution in [3.05, 3.63) is 21.6 Å². The zero-order valence-electron chi connectivity index (χ0n) is 4.20. The van der Waals surface area contributed by atoms with E-state index in [0.29, 0.717) is 0 Å². The van der Waals surface area contributed by atoms with Crippen LogP contribution in [0.15, 0.2) is 21.6 Å². The van der Waals surface area contributed by atoms with Crippen molar-refractivity contribution in [2.24, 2.45) is 0 Å². The number of allylic oxidation sites excluding steroid dienone is 4. The molecule has 0 nitrogen and oxygen atoms in total. The molecule has 0 bridgehead atoms. The van der Waals surface area contributed by atoms with E-state index in [2.05, 4.69) is 18.2 Å². The Kier molecular flexibility index (Phi) is 7.40. The van der Waals surface area contributed by atoms with E-state index in [0.717, 1.165) is 0 Å². The quantitative estimate of drug-likeness (QED) is 0.392. The maximum absolute atomic E-state index is 2.20. The van der Waals surface area contributed by atoms with E-state index in [9.17, 15) is 0 Å². The van der Waals surface area contributed by atoms with Gasteiger partial charge in [0.1, 0.15) is 0 Å². The normalized spacial score (nSPS) is 14.0. The summed E-state index contributed by atoms with van der Waals surface area (Å²) in [7, 11) is 0. The zero-order valence-corrected chi connectivity index (χ0v) is 7.79. The van der Waals surface area contributed by atoms with Crippen LogP contribution in [0.3, 0.4) is 0 Å². The monoisotopic (exact) mass is 283 g/mol. The number of hydrogen-bond acceptors (Lipinski definition) is 0. The standard InChI is InChI=1S/C5H5.2FH.Hf/c1-2-4-5-3-1;;;/h1-3H,4H2;2*1H;/q;;;+2/p-2. The molecule has 0 heterocycles. The van der Waals surface area contributed by atoms with Gasteiger partial charge >= 0.3 is 52.4 Å². The molecule has 0 saturated carbocycles. The van der Waals surface area contributed by atoms with Gasteiger partial charge < -0.3 is 9.41 Å². The number of rotatable bonds is 0. The molecule has 1 aliphatic rings. The molecule has 0 aromatic carbocycles. The van der Waals surface area contributed by atoms with Gasteiger partial charge in [-0.15, -0.1) is 0 Å². The van der Waals surface area contributed by atoms with Gasteiger partial charge in [-0.3, -0.25) is 0 Å². The molecule has 0 N–H and O–H groups in total. The van der Waals surface area contributed by atoms with Crippen molar-refractivity contribution in [1.29, 1.82) is 0 Å². The number of halogens is 2. The van der Waals surface area contributed by atoms with Crippen LogP contribution in [-0.4, -0.2) is 0 Å². The third kappa shape index (κ3) is 3.24. The van der Waals surface area contributed by atoms with Gasteiger partial charge in [0.15, 0.2) is 0 Å². The molecule has 43 valence electrons. The first-order valence-corrected chi connectivity index (χ1v) is 3.76. The van der Waals surface area contributed by atoms with E-state index in [4.69, 9.17) is 0 Å². The van der Waals surface area contributed by atoms with Crippen LogP contribution >= 0.6 is 0 Å². The Morgan fingerprint density at radius 1 is 1.38 bits per heavy atom. The van der Waals surface area contributed by atoms with Crippen LogP contribution in [0.5, 0.6) is 0 Å². The molecule has 0 fully saturated rings. The van der Waals surface area contributed by atoms with Gasteiger partial charge in [-0.1, -0.05) is 0 Å². The van der Waals surface area contributed by atoms with Crippen molar-refractivity contribution in [3.8, 4) is 0 Å². The van der Waals surface area contributed by atoms with E-state index < -0.39 is 0 Å². The average Bonchev–Trinajstić information content (AvgIpc) is 1.86. The first-order chi connectivity index (χ1) is 2.89. The first-order valence-electron chi connectivity index (χ1n) is 1.97. The summed E-state index contributed by atoms with van der Waals surface area (Å²) in [4.78, 5) is 0. The molecule has 0 aromatic heterocycles. The zero-order chi connectivity index (χ0) is 4.41. The Bertz CT molecular complexity index is 107. The van der Waals surface area contributed by atoms with Crippen molar-refractivity contribution in [2.75, 3.05) is 0 Å². The maximum atomic E-state index is 2.20. The van der Waals surface area contributed by atoms with Crippen LogP contribution in [0, 0.1) is 0 Å².